The van der Waals surface area contributed by atoms with Gasteiger partial charge in [0.05, 0.1) is 6.04 Å². The SMILES string of the molecule is CCC(C)C(NC(=O)C(CCC(N)=O)NC(=O)C(CS)NC(=O)C(N)Cc1c[nH]c2ccccc12)C(=O)O. The zero-order valence-corrected chi connectivity index (χ0v) is 22.3. The number of aromatic amines is 1. The monoisotopic (exact) mass is 548 g/mol. The van der Waals surface area contributed by atoms with Gasteiger partial charge in [-0.25, -0.2) is 4.79 Å². The highest BCUT2D eigenvalue weighted by Crippen LogP contribution is 2.18. The number of hydrogen-bond donors (Lipinski definition) is 8. The molecule has 0 radical (unpaired) electrons. The van der Waals surface area contributed by atoms with Crippen LogP contribution in [0.3, 0.4) is 0 Å². The lowest BCUT2D eigenvalue weighted by atomic mass is 9.98. The molecule has 38 heavy (non-hydrogen) atoms. The Labute approximate surface area is 226 Å². The first-order valence-corrected chi connectivity index (χ1v) is 12.9. The van der Waals surface area contributed by atoms with Crippen LogP contribution in [0, 0.1) is 5.92 Å². The van der Waals surface area contributed by atoms with Crippen molar-refractivity contribution in [1.82, 2.24) is 20.9 Å². The van der Waals surface area contributed by atoms with Crippen molar-refractivity contribution in [2.24, 2.45) is 17.4 Å². The summed E-state index contributed by atoms with van der Waals surface area (Å²) in [4.78, 5) is 64.7. The number of aromatic nitrogens is 1. The van der Waals surface area contributed by atoms with Gasteiger partial charge in [0.25, 0.3) is 0 Å². The summed E-state index contributed by atoms with van der Waals surface area (Å²) in [7, 11) is 0. The summed E-state index contributed by atoms with van der Waals surface area (Å²) in [5.74, 6) is -4.53. The van der Waals surface area contributed by atoms with Crippen molar-refractivity contribution in [2.75, 3.05) is 5.75 Å². The van der Waals surface area contributed by atoms with E-state index in [0.29, 0.717) is 6.42 Å². The van der Waals surface area contributed by atoms with Crippen molar-refractivity contribution < 1.29 is 29.1 Å². The maximum absolute atomic E-state index is 13.0. The van der Waals surface area contributed by atoms with E-state index in [1.807, 2.05) is 24.3 Å². The van der Waals surface area contributed by atoms with Crippen LogP contribution >= 0.6 is 12.6 Å². The third kappa shape index (κ3) is 8.48. The van der Waals surface area contributed by atoms with Crippen LogP contribution in [0.5, 0.6) is 0 Å². The molecule has 4 amide bonds. The zero-order chi connectivity index (χ0) is 28.4. The zero-order valence-electron chi connectivity index (χ0n) is 21.4. The van der Waals surface area contributed by atoms with Crippen LogP contribution in [0.1, 0.15) is 38.7 Å². The number of benzene rings is 1. The highest BCUT2D eigenvalue weighted by molar-refractivity contribution is 7.80. The first-order chi connectivity index (χ1) is 18.0. The molecule has 0 saturated carbocycles. The van der Waals surface area contributed by atoms with Gasteiger partial charge in [-0.15, -0.1) is 0 Å². The van der Waals surface area contributed by atoms with Crippen LogP contribution in [0.15, 0.2) is 30.5 Å². The number of amides is 4. The number of para-hydroxylation sites is 1. The summed E-state index contributed by atoms with van der Waals surface area (Å²) in [6.07, 6.45) is 2.08. The molecule has 0 aliphatic carbocycles. The molecule has 12 nitrogen and oxygen atoms in total. The maximum Gasteiger partial charge on any atom is 0.326 e. The average molecular weight is 549 g/mol. The van der Waals surface area contributed by atoms with Gasteiger partial charge in [-0.05, 0) is 30.4 Å². The third-order valence-corrected chi connectivity index (χ3v) is 6.72. The van der Waals surface area contributed by atoms with Gasteiger partial charge in [-0.2, -0.15) is 12.6 Å². The maximum atomic E-state index is 13.0. The molecule has 1 aromatic heterocycles. The van der Waals surface area contributed by atoms with Crippen molar-refractivity contribution in [2.45, 2.75) is 63.7 Å². The molecule has 9 N–H and O–H groups in total. The summed E-state index contributed by atoms with van der Waals surface area (Å²) in [6, 6.07) is 3.00. The molecular formula is C25H36N6O6S. The second-order valence-electron chi connectivity index (χ2n) is 9.19. The lowest BCUT2D eigenvalue weighted by molar-refractivity contribution is -0.144. The van der Waals surface area contributed by atoms with Crippen molar-refractivity contribution in [3.8, 4) is 0 Å². The van der Waals surface area contributed by atoms with E-state index in [1.54, 1.807) is 20.0 Å². The Balaban J connectivity index is 2.07. The fourth-order valence-corrected chi connectivity index (χ4v) is 4.12. The molecule has 1 heterocycles. The molecule has 0 saturated heterocycles. The average Bonchev–Trinajstić information content (AvgIpc) is 3.29. The first kappa shape index (κ1) is 30.6. The van der Waals surface area contributed by atoms with Crippen LogP contribution in [-0.2, 0) is 30.4 Å². The van der Waals surface area contributed by atoms with Gasteiger partial charge in [-0.1, -0.05) is 38.5 Å². The molecule has 2 aromatic rings. The van der Waals surface area contributed by atoms with E-state index in [-0.39, 0.29) is 30.9 Å². The number of carboxylic acids is 1. The predicted octanol–water partition coefficient (Wildman–Crippen LogP) is -0.182. The molecule has 2 rings (SSSR count). The lowest BCUT2D eigenvalue weighted by Gasteiger charge is -2.26. The Bertz CT molecular complexity index is 1150. The van der Waals surface area contributed by atoms with E-state index in [4.69, 9.17) is 11.5 Å². The highest BCUT2D eigenvalue weighted by Gasteiger charge is 2.31. The molecule has 0 bridgehead atoms. The molecular weight excluding hydrogens is 512 g/mol. The summed E-state index contributed by atoms with van der Waals surface area (Å²) in [6.45, 7) is 3.45. The summed E-state index contributed by atoms with van der Waals surface area (Å²) >= 11 is 4.14. The van der Waals surface area contributed by atoms with Crippen LogP contribution in [-0.4, -0.2) is 69.6 Å². The second-order valence-corrected chi connectivity index (χ2v) is 9.56. The van der Waals surface area contributed by atoms with Crippen molar-refractivity contribution in [1.29, 1.82) is 0 Å². The number of carbonyl (C=O) groups is 5. The largest absolute Gasteiger partial charge is 0.480 e. The molecule has 0 fully saturated rings. The minimum atomic E-state index is -1.26. The number of H-pyrrole nitrogens is 1. The van der Waals surface area contributed by atoms with E-state index >= 15 is 0 Å². The van der Waals surface area contributed by atoms with Gasteiger partial charge in [-0.3, -0.25) is 19.2 Å². The number of carbonyl (C=O) groups excluding carboxylic acids is 4. The molecule has 208 valence electrons. The molecule has 0 aliphatic rings. The van der Waals surface area contributed by atoms with E-state index in [9.17, 15) is 29.1 Å². The Kier molecular flexibility index (Phi) is 11.6. The number of hydrogen-bond acceptors (Lipinski definition) is 7. The summed E-state index contributed by atoms with van der Waals surface area (Å²) in [5.41, 5.74) is 13.1. The summed E-state index contributed by atoms with van der Waals surface area (Å²) in [5, 5.41) is 17.9. The Morgan fingerprint density at radius 1 is 1.03 bits per heavy atom. The predicted molar refractivity (Wildman–Crippen MR) is 145 cm³/mol. The molecule has 5 atom stereocenters. The minimum Gasteiger partial charge on any atom is -0.480 e. The van der Waals surface area contributed by atoms with E-state index in [2.05, 4.69) is 33.6 Å². The summed E-state index contributed by atoms with van der Waals surface area (Å²) < 4.78 is 0. The topological polar surface area (TPSA) is 209 Å². The van der Waals surface area contributed by atoms with E-state index < -0.39 is 53.8 Å². The number of rotatable bonds is 15. The van der Waals surface area contributed by atoms with Gasteiger partial charge >= 0.3 is 5.97 Å². The highest BCUT2D eigenvalue weighted by atomic mass is 32.1. The number of nitrogens with two attached hydrogens (primary N) is 2. The van der Waals surface area contributed by atoms with Crippen LogP contribution in [0.2, 0.25) is 0 Å². The normalized spacial score (nSPS) is 15.1. The Morgan fingerprint density at radius 3 is 2.26 bits per heavy atom. The van der Waals surface area contributed by atoms with Crippen LogP contribution in [0.4, 0.5) is 0 Å². The Morgan fingerprint density at radius 2 is 1.66 bits per heavy atom. The molecule has 5 unspecified atom stereocenters. The van der Waals surface area contributed by atoms with Gasteiger partial charge in [0.1, 0.15) is 18.1 Å². The smallest absolute Gasteiger partial charge is 0.326 e. The molecule has 0 aliphatic heterocycles. The van der Waals surface area contributed by atoms with Gasteiger partial charge in [0.2, 0.25) is 23.6 Å². The van der Waals surface area contributed by atoms with E-state index in [0.717, 1.165) is 16.5 Å². The third-order valence-electron chi connectivity index (χ3n) is 6.36. The fourth-order valence-electron chi connectivity index (χ4n) is 3.87. The first-order valence-electron chi connectivity index (χ1n) is 12.3. The number of aliphatic carboxylic acids is 1. The van der Waals surface area contributed by atoms with Crippen molar-refractivity contribution >= 4 is 53.1 Å². The quantitative estimate of drug-likeness (QED) is 0.141. The van der Waals surface area contributed by atoms with Gasteiger partial charge in [0, 0.05) is 29.3 Å². The fraction of sp³-hybridized carbons (Fsp3) is 0.480. The number of primary amides is 1. The van der Waals surface area contributed by atoms with Gasteiger partial charge < -0.3 is 37.5 Å². The molecule has 1 aromatic carbocycles. The van der Waals surface area contributed by atoms with Crippen molar-refractivity contribution in [3.63, 3.8) is 0 Å². The van der Waals surface area contributed by atoms with E-state index in [1.165, 1.54) is 0 Å². The number of thiol groups is 1. The number of carboxylic acid groups (broad SMARTS) is 1. The molecule has 13 heteroatoms. The second kappa shape index (κ2) is 14.4. The molecule has 0 spiro atoms. The lowest BCUT2D eigenvalue weighted by Crippen LogP contribution is -2.58. The number of nitrogens with one attached hydrogen (secondary N) is 4. The van der Waals surface area contributed by atoms with Gasteiger partial charge in [0.15, 0.2) is 0 Å². The van der Waals surface area contributed by atoms with Crippen LogP contribution < -0.4 is 27.4 Å². The number of fused-ring (bicyclic) bond motifs is 1. The minimum absolute atomic E-state index is 0.105. The Hall–Kier alpha value is -3.58. The van der Waals surface area contributed by atoms with Crippen molar-refractivity contribution in [3.05, 3.63) is 36.0 Å². The van der Waals surface area contributed by atoms with Crippen LogP contribution in [0.25, 0.3) is 10.9 Å². The standard InChI is InChI=1S/C25H36N6O6S/c1-3-13(2)21(25(36)37)31-23(34)18(8-9-20(27)32)29-24(35)19(12-38)30-22(33)16(26)10-14-11-28-17-7-5-4-6-15(14)17/h4-7,11,13,16,18-19,21,28,38H,3,8-10,12,26H2,1-2H3,(H2,27,32)(H,29,35)(H,30,33)(H,31,34)(H,36,37).